The predicted molar refractivity (Wildman–Crippen MR) is 90.8 cm³/mol. The molecule has 0 bridgehead atoms. The second-order valence-electron chi connectivity index (χ2n) is 6.55. The number of hydrogen-bond acceptors (Lipinski definition) is 1. The molecular weight excluding hydrogens is 256 g/mol. The zero-order valence-electron chi connectivity index (χ0n) is 12.9. The van der Waals surface area contributed by atoms with Crippen molar-refractivity contribution in [1.82, 2.24) is 4.98 Å². The summed E-state index contributed by atoms with van der Waals surface area (Å²) in [6, 6.07) is 17.2. The number of hydrogen-bond donors (Lipinski definition) is 2. The molecule has 2 aromatic carbocycles. The lowest BCUT2D eigenvalue weighted by Crippen LogP contribution is -2.14. The first kappa shape index (κ1) is 13.7. The number of rotatable bonds is 3. The lowest BCUT2D eigenvalue weighted by Gasteiger charge is -2.23. The van der Waals surface area contributed by atoms with E-state index in [4.69, 9.17) is 0 Å². The van der Waals surface area contributed by atoms with Crippen LogP contribution in [0.4, 0.5) is 5.69 Å². The van der Waals surface area contributed by atoms with Crippen LogP contribution in [0.5, 0.6) is 0 Å². The van der Waals surface area contributed by atoms with Crippen molar-refractivity contribution in [2.45, 2.75) is 32.7 Å². The highest BCUT2D eigenvalue weighted by Crippen LogP contribution is 2.29. The fourth-order valence-corrected chi connectivity index (χ4v) is 2.70. The molecule has 0 aliphatic carbocycles. The highest BCUT2D eigenvalue weighted by Gasteiger charge is 2.17. The Bertz CT molecular complexity index is 747. The van der Waals surface area contributed by atoms with Crippen LogP contribution in [0.15, 0.2) is 54.7 Å². The molecule has 2 heteroatoms. The Morgan fingerprint density at radius 2 is 1.81 bits per heavy atom. The van der Waals surface area contributed by atoms with Crippen LogP contribution >= 0.6 is 0 Å². The maximum atomic E-state index is 3.58. The average Bonchev–Trinajstić information content (AvgIpc) is 2.92. The Morgan fingerprint density at radius 3 is 2.62 bits per heavy atom. The second kappa shape index (κ2) is 5.28. The molecular formula is C19H22N2. The molecule has 0 amide bonds. The summed E-state index contributed by atoms with van der Waals surface area (Å²) in [5.74, 6) is 0. The zero-order chi connectivity index (χ0) is 14.9. The van der Waals surface area contributed by atoms with Gasteiger partial charge in [-0.2, -0.15) is 0 Å². The molecule has 0 saturated carbocycles. The second-order valence-corrected chi connectivity index (χ2v) is 6.55. The molecule has 3 aromatic rings. The largest absolute Gasteiger partial charge is 0.381 e. The van der Waals surface area contributed by atoms with Gasteiger partial charge in [-0.15, -0.1) is 0 Å². The van der Waals surface area contributed by atoms with Crippen molar-refractivity contribution in [2.24, 2.45) is 0 Å². The van der Waals surface area contributed by atoms with E-state index in [2.05, 4.69) is 79.6 Å². The van der Waals surface area contributed by atoms with E-state index in [0.29, 0.717) is 0 Å². The van der Waals surface area contributed by atoms with E-state index >= 15 is 0 Å². The lowest BCUT2D eigenvalue weighted by atomic mass is 9.86. The van der Waals surface area contributed by atoms with E-state index in [1.807, 2.05) is 6.20 Å². The van der Waals surface area contributed by atoms with Gasteiger partial charge in [-0.25, -0.2) is 0 Å². The van der Waals surface area contributed by atoms with Crippen LogP contribution in [0.25, 0.3) is 10.9 Å². The van der Waals surface area contributed by atoms with E-state index < -0.39 is 0 Å². The molecule has 0 aliphatic heterocycles. The van der Waals surface area contributed by atoms with Crippen molar-refractivity contribution in [3.8, 4) is 0 Å². The van der Waals surface area contributed by atoms with Crippen LogP contribution < -0.4 is 5.32 Å². The van der Waals surface area contributed by atoms with Gasteiger partial charge in [-0.3, -0.25) is 0 Å². The summed E-state index contributed by atoms with van der Waals surface area (Å²) in [7, 11) is 0. The molecule has 2 nitrogen and oxygen atoms in total. The molecule has 0 fully saturated rings. The maximum Gasteiger partial charge on any atom is 0.0454 e. The van der Waals surface area contributed by atoms with Gasteiger partial charge in [0.05, 0.1) is 0 Å². The van der Waals surface area contributed by atoms with Gasteiger partial charge in [-0.1, -0.05) is 45.0 Å². The predicted octanol–water partition coefficient (Wildman–Crippen LogP) is 5.08. The quantitative estimate of drug-likeness (QED) is 0.687. The molecule has 21 heavy (non-hydrogen) atoms. The molecule has 0 aliphatic rings. The molecule has 0 radical (unpaired) electrons. The first-order chi connectivity index (χ1) is 10.0. The Morgan fingerprint density at radius 1 is 1.00 bits per heavy atom. The standard InChI is InChI=1S/C19H22N2/c1-19(2,3)16-6-4-5-7-18(16)21-13-14-8-9-17-15(12-14)10-11-20-17/h4-12,20-21H,13H2,1-3H3. The van der Waals surface area contributed by atoms with Crippen molar-refractivity contribution in [2.75, 3.05) is 5.32 Å². The number of para-hydroxylation sites is 1. The highest BCUT2D eigenvalue weighted by atomic mass is 14.9. The average molecular weight is 278 g/mol. The van der Waals surface area contributed by atoms with Crippen LogP contribution in [-0.2, 0) is 12.0 Å². The van der Waals surface area contributed by atoms with Gasteiger partial charge in [0.15, 0.2) is 0 Å². The number of anilines is 1. The van der Waals surface area contributed by atoms with Gasteiger partial charge in [-0.05, 0) is 46.2 Å². The Hall–Kier alpha value is -2.22. The molecule has 2 N–H and O–H groups in total. The van der Waals surface area contributed by atoms with Crippen molar-refractivity contribution >= 4 is 16.6 Å². The number of benzene rings is 2. The zero-order valence-corrected chi connectivity index (χ0v) is 12.9. The minimum absolute atomic E-state index is 0.147. The van der Waals surface area contributed by atoms with Gasteiger partial charge in [0.1, 0.15) is 0 Å². The molecule has 0 atom stereocenters. The summed E-state index contributed by atoms with van der Waals surface area (Å²) >= 11 is 0. The Kier molecular flexibility index (Phi) is 3.46. The SMILES string of the molecule is CC(C)(C)c1ccccc1NCc1ccc2[nH]ccc2c1. The number of aromatic nitrogens is 1. The van der Waals surface area contributed by atoms with Crippen LogP contribution in [0, 0.1) is 0 Å². The molecule has 0 unspecified atom stereocenters. The summed E-state index contributed by atoms with van der Waals surface area (Å²) in [6.07, 6.45) is 1.98. The van der Waals surface area contributed by atoms with Gasteiger partial charge < -0.3 is 10.3 Å². The minimum atomic E-state index is 0.147. The van der Waals surface area contributed by atoms with E-state index in [1.54, 1.807) is 0 Å². The van der Waals surface area contributed by atoms with E-state index in [0.717, 1.165) is 6.54 Å². The van der Waals surface area contributed by atoms with Crippen molar-refractivity contribution in [1.29, 1.82) is 0 Å². The Labute approximate surface area is 126 Å². The molecule has 1 aromatic heterocycles. The molecule has 108 valence electrons. The third kappa shape index (κ3) is 2.94. The van der Waals surface area contributed by atoms with E-state index in [1.165, 1.54) is 27.7 Å². The summed E-state index contributed by atoms with van der Waals surface area (Å²) in [5, 5.41) is 4.85. The highest BCUT2D eigenvalue weighted by molar-refractivity contribution is 5.80. The third-order valence-corrected chi connectivity index (χ3v) is 3.84. The maximum absolute atomic E-state index is 3.58. The van der Waals surface area contributed by atoms with Crippen LogP contribution in [-0.4, -0.2) is 4.98 Å². The number of fused-ring (bicyclic) bond motifs is 1. The smallest absolute Gasteiger partial charge is 0.0454 e. The van der Waals surface area contributed by atoms with Gasteiger partial charge in [0, 0.05) is 23.9 Å². The summed E-state index contributed by atoms with van der Waals surface area (Å²) < 4.78 is 0. The molecule has 0 saturated heterocycles. The molecule has 0 spiro atoms. The van der Waals surface area contributed by atoms with Crippen LogP contribution in [0.2, 0.25) is 0 Å². The van der Waals surface area contributed by atoms with Crippen molar-refractivity contribution in [3.05, 3.63) is 65.9 Å². The van der Waals surface area contributed by atoms with Gasteiger partial charge >= 0.3 is 0 Å². The van der Waals surface area contributed by atoms with Crippen molar-refractivity contribution < 1.29 is 0 Å². The fourth-order valence-electron chi connectivity index (χ4n) is 2.70. The van der Waals surface area contributed by atoms with Crippen LogP contribution in [0.1, 0.15) is 31.9 Å². The Balaban J connectivity index is 1.81. The third-order valence-electron chi connectivity index (χ3n) is 3.84. The summed E-state index contributed by atoms with van der Waals surface area (Å²) in [4.78, 5) is 3.23. The van der Waals surface area contributed by atoms with Crippen LogP contribution in [0.3, 0.4) is 0 Å². The monoisotopic (exact) mass is 278 g/mol. The summed E-state index contributed by atoms with van der Waals surface area (Å²) in [5.41, 5.74) is 5.21. The first-order valence-electron chi connectivity index (χ1n) is 7.43. The van der Waals surface area contributed by atoms with Crippen molar-refractivity contribution in [3.63, 3.8) is 0 Å². The van der Waals surface area contributed by atoms with E-state index in [-0.39, 0.29) is 5.41 Å². The summed E-state index contributed by atoms with van der Waals surface area (Å²) in [6.45, 7) is 7.59. The fraction of sp³-hybridized carbons (Fsp3) is 0.263. The number of nitrogens with one attached hydrogen (secondary N) is 2. The topological polar surface area (TPSA) is 27.8 Å². The van der Waals surface area contributed by atoms with E-state index in [9.17, 15) is 0 Å². The van der Waals surface area contributed by atoms with Gasteiger partial charge in [0.2, 0.25) is 0 Å². The first-order valence-corrected chi connectivity index (χ1v) is 7.43. The minimum Gasteiger partial charge on any atom is -0.381 e. The normalized spacial score (nSPS) is 11.8. The number of aromatic amines is 1. The molecule has 1 heterocycles. The number of H-pyrrole nitrogens is 1. The lowest BCUT2D eigenvalue weighted by molar-refractivity contribution is 0.591. The van der Waals surface area contributed by atoms with Gasteiger partial charge in [0.25, 0.3) is 0 Å². The molecule has 3 rings (SSSR count).